The molecule has 0 atom stereocenters. The van der Waals surface area contributed by atoms with E-state index < -0.39 is 23.2 Å². The molecule has 0 unspecified atom stereocenters. The van der Waals surface area contributed by atoms with Gasteiger partial charge >= 0.3 is 57.4 Å². The molecule has 166 valence electrons. The van der Waals surface area contributed by atoms with Gasteiger partial charge in [0.25, 0.3) is 0 Å². The Hall–Kier alpha value is -2.89. The van der Waals surface area contributed by atoms with Gasteiger partial charge in [-0.1, -0.05) is 42.1 Å². The number of ether oxygens (including phenoxy) is 3. The molecule has 1 N–H and O–H groups in total. The second-order valence-corrected chi connectivity index (χ2v) is 7.23. The van der Waals surface area contributed by atoms with E-state index in [0.29, 0.717) is 22.4 Å². The Labute approximate surface area is 235 Å². The molecule has 10 heteroatoms. The summed E-state index contributed by atoms with van der Waals surface area (Å²) in [6.07, 6.45) is 0. The van der Waals surface area contributed by atoms with Crippen molar-refractivity contribution in [2.45, 2.75) is 6.92 Å². The van der Waals surface area contributed by atoms with E-state index in [1.54, 1.807) is 55.5 Å². The third-order valence-corrected chi connectivity index (χ3v) is 5.23. The average molecular weight is 485 g/mol. The van der Waals surface area contributed by atoms with Gasteiger partial charge in [-0.3, -0.25) is 9.20 Å². The fourth-order valence-corrected chi connectivity index (χ4v) is 3.71. The number of amides is 1. The van der Waals surface area contributed by atoms with E-state index in [4.69, 9.17) is 14.2 Å². The molecular weight excluding hydrogens is 467 g/mol. The number of hydrogen-bond donors (Lipinski definition) is 1. The Balaban J connectivity index is 0.00000274. The quantitative estimate of drug-likeness (QED) is 0.338. The Morgan fingerprint density at radius 1 is 1.06 bits per heavy atom. The van der Waals surface area contributed by atoms with E-state index in [1.807, 2.05) is 0 Å². The van der Waals surface area contributed by atoms with E-state index in [1.165, 1.54) is 4.40 Å². The van der Waals surface area contributed by atoms with Crippen LogP contribution in [0, 0.1) is 0 Å². The first kappa shape index (κ1) is 24.2. The van der Waals surface area contributed by atoms with Crippen molar-refractivity contribution in [2.75, 3.05) is 13.4 Å². The number of nitrogens with zero attached hydrogens (tertiary/aromatic N) is 2. The molecule has 2 aromatic heterocycles. The monoisotopic (exact) mass is 484 g/mol. The fourth-order valence-electron chi connectivity index (χ4n) is 3.71. The van der Waals surface area contributed by atoms with Crippen LogP contribution in [-0.2, 0) is 4.74 Å². The average Bonchev–Trinajstić information content (AvgIpc) is 3.41. The number of fused-ring (bicyclic) bond motifs is 4. The number of esters is 1. The predicted octanol–water partition coefficient (Wildman–Crippen LogP) is 0.913. The van der Waals surface area contributed by atoms with Crippen molar-refractivity contribution >= 4 is 34.0 Å². The predicted molar refractivity (Wildman–Crippen MR) is 119 cm³/mol. The van der Waals surface area contributed by atoms with Gasteiger partial charge in [-0.15, -0.1) is 0 Å². The molecule has 1 aliphatic heterocycles. The Morgan fingerprint density at radius 2 is 1.76 bits per heavy atom. The molecule has 0 bridgehead atoms. The summed E-state index contributed by atoms with van der Waals surface area (Å²) in [7, 11) is 0. The largest absolute Gasteiger partial charge is 1.00 e. The number of carbonyl (C=O) groups is 2. The Morgan fingerprint density at radius 3 is 2.47 bits per heavy atom. The molecule has 0 spiro atoms. The van der Waals surface area contributed by atoms with Crippen molar-refractivity contribution in [3.05, 3.63) is 81.4 Å². The van der Waals surface area contributed by atoms with Crippen LogP contribution in [0.2, 0.25) is 0 Å². The third kappa shape index (κ3) is 4.19. The number of carbonyl (C=O) groups excluding carboxylic acids is 2. The van der Waals surface area contributed by atoms with Crippen LogP contribution in [0.25, 0.3) is 21.7 Å². The molecular formula is C24H17KN2O7. The van der Waals surface area contributed by atoms with E-state index in [9.17, 15) is 19.5 Å². The second kappa shape index (κ2) is 9.77. The van der Waals surface area contributed by atoms with Gasteiger partial charge in [0, 0.05) is 11.5 Å². The van der Waals surface area contributed by atoms with Crippen LogP contribution < -0.4 is 66.4 Å². The zero-order chi connectivity index (χ0) is 23.1. The smallest absolute Gasteiger partial charge is 0.618 e. The Bertz CT molecular complexity index is 1500. The van der Waals surface area contributed by atoms with Crippen LogP contribution in [0.5, 0.6) is 17.2 Å². The van der Waals surface area contributed by atoms with Crippen LogP contribution >= 0.6 is 0 Å². The zero-order valence-electron chi connectivity index (χ0n) is 18.4. The van der Waals surface area contributed by atoms with Crippen molar-refractivity contribution in [2.24, 2.45) is 0 Å². The number of benzene rings is 2. The minimum atomic E-state index is -0.851. The van der Waals surface area contributed by atoms with Gasteiger partial charge in [-0.05, 0) is 24.6 Å². The molecule has 3 heterocycles. The normalized spacial score (nSPS) is 11.8. The molecule has 1 amide bonds. The number of rotatable bonds is 4. The van der Waals surface area contributed by atoms with Crippen molar-refractivity contribution in [3.63, 3.8) is 0 Å². The van der Waals surface area contributed by atoms with Gasteiger partial charge < -0.3 is 29.4 Å². The summed E-state index contributed by atoms with van der Waals surface area (Å²) in [5.74, 6) is -1.08. The molecule has 0 radical (unpaired) electrons. The van der Waals surface area contributed by atoms with Crippen LogP contribution in [0.3, 0.4) is 0 Å². The summed E-state index contributed by atoms with van der Waals surface area (Å²) in [6, 6.07) is 14.1. The summed E-state index contributed by atoms with van der Waals surface area (Å²) < 4.78 is 17.0. The summed E-state index contributed by atoms with van der Waals surface area (Å²) >= 11 is 0. The van der Waals surface area contributed by atoms with E-state index in [2.05, 4.69) is 5.32 Å². The van der Waals surface area contributed by atoms with Crippen LogP contribution in [-0.4, -0.2) is 34.8 Å². The fraction of sp³-hybridized carbons (Fsp3) is 0.125. The van der Waals surface area contributed by atoms with Gasteiger partial charge in [0.2, 0.25) is 12.4 Å². The third-order valence-electron chi connectivity index (χ3n) is 5.23. The first-order chi connectivity index (χ1) is 16.0. The van der Waals surface area contributed by atoms with Gasteiger partial charge in [-0.2, -0.15) is 0 Å². The van der Waals surface area contributed by atoms with Gasteiger partial charge in [0.15, 0.2) is 17.2 Å². The van der Waals surface area contributed by atoms with Crippen molar-refractivity contribution in [1.82, 2.24) is 4.40 Å². The van der Waals surface area contributed by atoms with Gasteiger partial charge in [0.05, 0.1) is 23.5 Å². The maximum Gasteiger partial charge on any atom is 1.00 e. The number of hydrogen-bond acceptors (Lipinski definition) is 7. The van der Waals surface area contributed by atoms with Crippen molar-refractivity contribution < 1.29 is 80.3 Å². The maximum absolute atomic E-state index is 13.5. The minimum Gasteiger partial charge on any atom is -0.618 e. The maximum atomic E-state index is 13.5. The summed E-state index contributed by atoms with van der Waals surface area (Å²) in [5, 5.41) is 15.5. The molecule has 2 aromatic carbocycles. The first-order valence-corrected chi connectivity index (χ1v) is 10.1. The molecule has 0 fully saturated rings. The standard InChI is InChI=1S/C24H18N2O7.K/c1-2-31-24(30)15-10-16(25-22(28)13-6-4-3-5-7-13)23(29)26-17-11-20-19(32-12-33-20)9-14(17)8-18(26)21(15)27;/h3-11H,2,12H2,1H3,(H2,25,27,28,29,30);/q;+1/p-1. The van der Waals surface area contributed by atoms with Crippen LogP contribution in [0.1, 0.15) is 27.6 Å². The van der Waals surface area contributed by atoms with E-state index in [-0.39, 0.29) is 87.1 Å². The summed E-state index contributed by atoms with van der Waals surface area (Å²) in [6.45, 7) is 1.72. The molecule has 1 aliphatic rings. The molecule has 5 rings (SSSR count). The molecule has 0 aliphatic carbocycles. The Kier molecular flexibility index (Phi) is 6.96. The van der Waals surface area contributed by atoms with Crippen LogP contribution in [0.4, 0.5) is 5.69 Å². The second-order valence-electron chi connectivity index (χ2n) is 7.23. The molecule has 0 saturated heterocycles. The topological polar surface area (TPSA) is 118 Å². The number of aromatic hydroxyl groups is 1. The van der Waals surface area contributed by atoms with Gasteiger partial charge in [-0.25, -0.2) is 4.79 Å². The molecule has 9 nitrogen and oxygen atoms in total. The van der Waals surface area contributed by atoms with E-state index >= 15 is 0 Å². The van der Waals surface area contributed by atoms with E-state index in [0.717, 1.165) is 6.07 Å². The van der Waals surface area contributed by atoms with Crippen molar-refractivity contribution in [3.8, 4) is 17.2 Å². The minimum absolute atomic E-state index is 0. The number of aromatic nitrogens is 1. The molecule has 0 saturated carbocycles. The molecule has 34 heavy (non-hydrogen) atoms. The SMILES string of the molecule is CCOC(=O)c1cc([N-]C(=O)c2ccccc2)c(=O)n2c(cc3cc4c(cc32)OCO4)c1O.[K+]. The first-order valence-electron chi connectivity index (χ1n) is 10.1. The summed E-state index contributed by atoms with van der Waals surface area (Å²) in [5.41, 5.74) is -0.602. The van der Waals surface area contributed by atoms with Gasteiger partial charge in [0.1, 0.15) is 5.56 Å². The summed E-state index contributed by atoms with van der Waals surface area (Å²) in [4.78, 5) is 38.8. The zero-order valence-corrected chi connectivity index (χ0v) is 21.5. The van der Waals surface area contributed by atoms with Crippen molar-refractivity contribution in [1.29, 1.82) is 0 Å². The molecule has 4 aromatic rings. The van der Waals surface area contributed by atoms with Crippen LogP contribution in [0.15, 0.2) is 59.4 Å².